The summed E-state index contributed by atoms with van der Waals surface area (Å²) in [6.07, 6.45) is 0.293. The molecule has 1 aliphatic rings. The molecule has 12 heteroatoms. The molecule has 43 heavy (non-hydrogen) atoms. The zero-order chi connectivity index (χ0) is 31.9. The Morgan fingerprint density at radius 2 is 1.79 bits per heavy atom. The number of likely N-dealkylation sites (N-methyl/N-ethyl adjacent to an activating group) is 1. The molecule has 0 fully saturated rings. The summed E-state index contributed by atoms with van der Waals surface area (Å²) < 4.78 is 24.7. The molecule has 0 atom stereocenters. The molecule has 0 radical (unpaired) electrons. The van der Waals surface area contributed by atoms with Gasteiger partial charge >= 0.3 is 12.2 Å². The molecule has 0 saturated carbocycles. The number of imide groups is 1. The molecule has 11 nitrogen and oxygen atoms in total. The fraction of sp³-hybridized carbons (Fsp3) is 0.484. The van der Waals surface area contributed by atoms with Gasteiger partial charge in [0.05, 0.1) is 23.4 Å². The fourth-order valence-corrected chi connectivity index (χ4v) is 4.74. The van der Waals surface area contributed by atoms with Crippen molar-refractivity contribution in [1.82, 2.24) is 20.5 Å². The maximum absolute atomic E-state index is 14.3. The van der Waals surface area contributed by atoms with Crippen molar-refractivity contribution in [2.45, 2.75) is 60.5 Å². The summed E-state index contributed by atoms with van der Waals surface area (Å²) >= 11 is 0. The number of carbonyl (C=O) groups is 4. The van der Waals surface area contributed by atoms with Crippen LogP contribution in [0.5, 0.6) is 0 Å². The number of hydrogen-bond donors (Lipinski definition) is 3. The number of hydrogen-bond acceptors (Lipinski definition) is 7. The van der Waals surface area contributed by atoms with Crippen molar-refractivity contribution in [1.29, 1.82) is 0 Å². The van der Waals surface area contributed by atoms with Crippen LogP contribution < -0.4 is 15.5 Å². The molecule has 2 aromatic rings. The Labute approximate surface area is 251 Å². The van der Waals surface area contributed by atoms with Crippen LogP contribution in [0.3, 0.4) is 0 Å². The first-order valence-electron chi connectivity index (χ1n) is 14.5. The number of H-pyrrole nitrogens is 1. The van der Waals surface area contributed by atoms with Gasteiger partial charge in [-0.25, -0.2) is 18.9 Å². The van der Waals surface area contributed by atoms with E-state index in [1.807, 2.05) is 0 Å². The maximum Gasteiger partial charge on any atom is 0.421 e. The SMILES string of the molecule is CCN(CC)CCNC(=O)c1c(C)[nH]c(C=C2C(=O)N(C(=O)OCCCNC(=O)OC(C)(C)C)c3ccc(F)cc32)c1C. The normalized spacial score (nSPS) is 13.8. The van der Waals surface area contributed by atoms with Gasteiger partial charge in [0.1, 0.15) is 11.4 Å². The van der Waals surface area contributed by atoms with Gasteiger partial charge in [0.15, 0.2) is 0 Å². The van der Waals surface area contributed by atoms with Gasteiger partial charge in [-0.3, -0.25) is 9.59 Å². The Balaban J connectivity index is 1.74. The zero-order valence-electron chi connectivity index (χ0n) is 26.0. The molecule has 0 unspecified atom stereocenters. The summed E-state index contributed by atoms with van der Waals surface area (Å²) in [5, 5.41) is 5.52. The Hall–Kier alpha value is -4.19. The lowest BCUT2D eigenvalue weighted by molar-refractivity contribution is -0.112. The summed E-state index contributed by atoms with van der Waals surface area (Å²) in [5.74, 6) is -1.50. The molecular weight excluding hydrogens is 557 g/mol. The van der Waals surface area contributed by atoms with E-state index in [9.17, 15) is 23.6 Å². The second kappa shape index (κ2) is 14.3. The van der Waals surface area contributed by atoms with E-state index in [4.69, 9.17) is 9.47 Å². The third-order valence-electron chi connectivity index (χ3n) is 6.92. The van der Waals surface area contributed by atoms with Gasteiger partial charge in [0, 0.05) is 36.6 Å². The van der Waals surface area contributed by atoms with Crippen LogP contribution >= 0.6 is 0 Å². The molecule has 0 bridgehead atoms. The van der Waals surface area contributed by atoms with Crippen LogP contribution in [-0.2, 0) is 14.3 Å². The predicted octanol–water partition coefficient (Wildman–Crippen LogP) is 4.78. The summed E-state index contributed by atoms with van der Waals surface area (Å²) in [6, 6.07) is 3.68. The lowest BCUT2D eigenvalue weighted by atomic mass is 10.0. The topological polar surface area (TPSA) is 133 Å². The van der Waals surface area contributed by atoms with Crippen molar-refractivity contribution in [3.63, 3.8) is 0 Å². The van der Waals surface area contributed by atoms with E-state index >= 15 is 0 Å². The Bertz CT molecular complexity index is 1390. The number of halogens is 1. The number of aromatic nitrogens is 1. The second-order valence-corrected chi connectivity index (χ2v) is 11.2. The highest BCUT2D eigenvalue weighted by atomic mass is 19.1. The Kier molecular flexibility index (Phi) is 11.1. The number of amides is 4. The first-order chi connectivity index (χ1) is 20.3. The molecular formula is C31H42FN5O6. The highest BCUT2D eigenvalue weighted by Crippen LogP contribution is 2.39. The number of anilines is 1. The molecule has 0 spiro atoms. The van der Waals surface area contributed by atoms with Crippen molar-refractivity contribution in [3.05, 3.63) is 52.1 Å². The smallest absolute Gasteiger partial charge is 0.421 e. The first-order valence-corrected chi connectivity index (χ1v) is 14.5. The highest BCUT2D eigenvalue weighted by molar-refractivity contribution is 6.41. The largest absolute Gasteiger partial charge is 0.449 e. The maximum atomic E-state index is 14.3. The number of carbonyl (C=O) groups excluding carboxylic acids is 4. The van der Waals surface area contributed by atoms with Crippen molar-refractivity contribution < 1.29 is 33.0 Å². The molecule has 3 N–H and O–H groups in total. The average molecular weight is 600 g/mol. The molecule has 1 aromatic heterocycles. The third-order valence-corrected chi connectivity index (χ3v) is 6.92. The lowest BCUT2D eigenvalue weighted by Crippen LogP contribution is -2.35. The molecule has 2 heterocycles. The second-order valence-electron chi connectivity index (χ2n) is 11.2. The number of rotatable bonds is 11. The fourth-order valence-electron chi connectivity index (χ4n) is 4.74. The first kappa shape index (κ1) is 33.3. The van der Waals surface area contributed by atoms with E-state index < -0.39 is 29.5 Å². The monoisotopic (exact) mass is 599 g/mol. The standard InChI is InChI=1S/C31H42FN5O6/c1-8-36(9-2)15-14-33-27(38)26-19(3)24(35-20(26)4)18-23-22-17-21(32)11-12-25(22)37(28(23)39)30(41)42-16-10-13-34-29(40)43-31(5,6)7/h11-12,17-18,35H,8-10,13-16H2,1-7H3,(H,33,38)(H,34,40). The summed E-state index contributed by atoms with van der Waals surface area (Å²) in [7, 11) is 0. The van der Waals surface area contributed by atoms with E-state index in [1.165, 1.54) is 18.2 Å². The van der Waals surface area contributed by atoms with Crippen molar-refractivity contribution >= 4 is 41.3 Å². The number of benzene rings is 1. The molecule has 4 amide bonds. The molecule has 0 saturated heterocycles. The molecule has 1 aliphatic heterocycles. The van der Waals surface area contributed by atoms with Crippen LogP contribution in [0.1, 0.15) is 73.9 Å². The molecule has 234 valence electrons. The van der Waals surface area contributed by atoms with Crippen molar-refractivity contribution in [2.24, 2.45) is 0 Å². The minimum atomic E-state index is -0.925. The van der Waals surface area contributed by atoms with Gasteiger partial charge in [0.2, 0.25) is 0 Å². The van der Waals surface area contributed by atoms with Gasteiger partial charge in [-0.2, -0.15) is 0 Å². The van der Waals surface area contributed by atoms with Gasteiger partial charge < -0.3 is 30.0 Å². The minimum absolute atomic E-state index is 0.0737. The quantitative estimate of drug-likeness (QED) is 0.250. The van der Waals surface area contributed by atoms with E-state index in [0.29, 0.717) is 29.1 Å². The number of aromatic amines is 1. The van der Waals surface area contributed by atoms with Crippen molar-refractivity contribution in [3.8, 4) is 0 Å². The Morgan fingerprint density at radius 3 is 2.44 bits per heavy atom. The van der Waals surface area contributed by atoms with Gasteiger partial charge in [-0.1, -0.05) is 13.8 Å². The summed E-state index contributed by atoms with van der Waals surface area (Å²) in [4.78, 5) is 57.5. The van der Waals surface area contributed by atoms with Gasteiger partial charge in [0.25, 0.3) is 11.8 Å². The van der Waals surface area contributed by atoms with Crippen LogP contribution in [0.15, 0.2) is 18.2 Å². The zero-order valence-corrected chi connectivity index (χ0v) is 26.0. The van der Waals surface area contributed by atoms with Crippen LogP contribution in [-0.4, -0.2) is 78.8 Å². The van der Waals surface area contributed by atoms with Crippen LogP contribution in [0.2, 0.25) is 0 Å². The number of nitrogens with one attached hydrogen (secondary N) is 3. The third kappa shape index (κ3) is 8.44. The van der Waals surface area contributed by atoms with E-state index in [1.54, 1.807) is 34.6 Å². The summed E-state index contributed by atoms with van der Waals surface area (Å²) in [6.45, 7) is 16.0. The van der Waals surface area contributed by atoms with Gasteiger partial charge in [-0.05, 0) is 84.0 Å². The lowest BCUT2D eigenvalue weighted by Gasteiger charge is -2.19. The number of alkyl carbamates (subject to hydrolysis) is 1. The van der Waals surface area contributed by atoms with E-state index in [2.05, 4.69) is 34.4 Å². The molecule has 1 aromatic carbocycles. The minimum Gasteiger partial charge on any atom is -0.449 e. The molecule has 0 aliphatic carbocycles. The van der Waals surface area contributed by atoms with E-state index in [-0.39, 0.29) is 42.3 Å². The number of fused-ring (bicyclic) bond motifs is 1. The number of nitrogens with zero attached hydrogens (tertiary/aromatic N) is 2. The Morgan fingerprint density at radius 1 is 1.09 bits per heavy atom. The van der Waals surface area contributed by atoms with Crippen molar-refractivity contribution in [2.75, 3.05) is 44.2 Å². The van der Waals surface area contributed by atoms with Crippen LogP contribution in [0.25, 0.3) is 11.6 Å². The highest BCUT2D eigenvalue weighted by Gasteiger charge is 2.38. The summed E-state index contributed by atoms with van der Waals surface area (Å²) in [5.41, 5.74) is 2.05. The number of ether oxygens (including phenoxy) is 2. The number of aryl methyl sites for hydroxylation is 1. The van der Waals surface area contributed by atoms with Crippen LogP contribution in [0, 0.1) is 19.7 Å². The van der Waals surface area contributed by atoms with Gasteiger partial charge in [-0.15, -0.1) is 0 Å². The predicted molar refractivity (Wildman–Crippen MR) is 162 cm³/mol. The van der Waals surface area contributed by atoms with Crippen LogP contribution in [0.4, 0.5) is 19.7 Å². The van der Waals surface area contributed by atoms with E-state index in [0.717, 1.165) is 30.6 Å². The average Bonchev–Trinajstić information content (AvgIpc) is 3.36. The molecule has 3 rings (SSSR count).